The highest BCUT2D eigenvalue weighted by molar-refractivity contribution is 5.93. The Bertz CT molecular complexity index is 832. The van der Waals surface area contributed by atoms with E-state index >= 15 is 0 Å². The lowest BCUT2D eigenvalue weighted by molar-refractivity contribution is 0.0945. The highest BCUT2D eigenvalue weighted by Gasteiger charge is 2.08. The van der Waals surface area contributed by atoms with E-state index in [0.717, 1.165) is 11.4 Å². The molecule has 1 aromatic carbocycles. The Labute approximate surface area is 147 Å². The smallest absolute Gasteiger partial charge is 0.270 e. The number of amides is 1. The van der Waals surface area contributed by atoms with Gasteiger partial charge in [0.05, 0.1) is 12.2 Å². The van der Waals surface area contributed by atoms with Crippen molar-refractivity contribution in [3.63, 3.8) is 0 Å². The molecule has 0 spiro atoms. The zero-order chi connectivity index (χ0) is 17.5. The van der Waals surface area contributed by atoms with E-state index in [1.807, 2.05) is 24.3 Å². The minimum atomic E-state index is -0.218. The topological polar surface area (TPSA) is 66.9 Å². The molecule has 0 saturated carbocycles. The predicted octanol–water partition coefficient (Wildman–Crippen LogP) is 3.33. The second-order valence-corrected chi connectivity index (χ2v) is 5.77. The summed E-state index contributed by atoms with van der Waals surface area (Å²) in [5.41, 5.74) is 4.47. The SMILES string of the molecule is Cc1ccc(CNc2ccnc(C(=O)NCc3ccccn3)c2)cc1. The number of hydrogen-bond donors (Lipinski definition) is 2. The van der Waals surface area contributed by atoms with Crippen LogP contribution in [-0.4, -0.2) is 15.9 Å². The Hall–Kier alpha value is -3.21. The molecule has 0 fully saturated rings. The average molecular weight is 332 g/mol. The second kappa shape index (κ2) is 8.06. The van der Waals surface area contributed by atoms with Crippen molar-refractivity contribution < 1.29 is 4.79 Å². The van der Waals surface area contributed by atoms with Crippen LogP contribution in [0.3, 0.4) is 0 Å². The standard InChI is InChI=1S/C20H20N4O/c1-15-5-7-16(8-6-15)13-23-17-9-11-22-19(12-17)20(25)24-14-18-4-2-3-10-21-18/h2-12H,13-14H2,1H3,(H,22,23)(H,24,25). The third-order valence-corrected chi connectivity index (χ3v) is 3.77. The van der Waals surface area contributed by atoms with Gasteiger partial charge in [0.1, 0.15) is 5.69 Å². The van der Waals surface area contributed by atoms with Gasteiger partial charge in [0.15, 0.2) is 0 Å². The molecule has 5 heteroatoms. The molecule has 5 nitrogen and oxygen atoms in total. The van der Waals surface area contributed by atoms with Crippen molar-refractivity contribution >= 4 is 11.6 Å². The highest BCUT2D eigenvalue weighted by Crippen LogP contribution is 2.11. The summed E-state index contributed by atoms with van der Waals surface area (Å²) in [6.45, 7) is 3.14. The summed E-state index contributed by atoms with van der Waals surface area (Å²) in [5, 5.41) is 6.15. The van der Waals surface area contributed by atoms with Crippen molar-refractivity contribution in [2.75, 3.05) is 5.32 Å². The van der Waals surface area contributed by atoms with Crippen molar-refractivity contribution in [3.05, 3.63) is 89.5 Å². The van der Waals surface area contributed by atoms with Crippen molar-refractivity contribution in [2.24, 2.45) is 0 Å². The maximum Gasteiger partial charge on any atom is 0.270 e. The molecular weight excluding hydrogens is 312 g/mol. The number of aromatic nitrogens is 2. The van der Waals surface area contributed by atoms with E-state index < -0.39 is 0 Å². The van der Waals surface area contributed by atoms with Crippen LogP contribution in [0, 0.1) is 6.92 Å². The van der Waals surface area contributed by atoms with E-state index in [1.165, 1.54) is 11.1 Å². The van der Waals surface area contributed by atoms with Crippen molar-refractivity contribution in [1.82, 2.24) is 15.3 Å². The number of nitrogens with one attached hydrogen (secondary N) is 2. The predicted molar refractivity (Wildman–Crippen MR) is 98.1 cm³/mol. The molecule has 1 amide bonds. The van der Waals surface area contributed by atoms with Gasteiger partial charge in [-0.15, -0.1) is 0 Å². The highest BCUT2D eigenvalue weighted by atomic mass is 16.1. The van der Waals surface area contributed by atoms with E-state index in [9.17, 15) is 4.79 Å². The van der Waals surface area contributed by atoms with Gasteiger partial charge in [0.25, 0.3) is 5.91 Å². The minimum absolute atomic E-state index is 0.218. The van der Waals surface area contributed by atoms with Crippen LogP contribution in [0.15, 0.2) is 67.0 Å². The fraction of sp³-hybridized carbons (Fsp3) is 0.150. The number of pyridine rings is 2. The Kier molecular flexibility index (Phi) is 5.36. The van der Waals surface area contributed by atoms with E-state index in [1.54, 1.807) is 18.5 Å². The summed E-state index contributed by atoms with van der Waals surface area (Å²) in [6.07, 6.45) is 3.34. The molecule has 2 heterocycles. The molecule has 0 aliphatic carbocycles. The third-order valence-electron chi connectivity index (χ3n) is 3.77. The number of carbonyl (C=O) groups excluding carboxylic acids is 1. The van der Waals surface area contributed by atoms with Gasteiger partial charge < -0.3 is 10.6 Å². The van der Waals surface area contributed by atoms with Crippen molar-refractivity contribution in [3.8, 4) is 0 Å². The van der Waals surface area contributed by atoms with E-state index in [-0.39, 0.29) is 5.91 Å². The Morgan fingerprint density at radius 2 is 1.80 bits per heavy atom. The molecule has 2 N–H and O–H groups in total. The molecule has 0 bridgehead atoms. The second-order valence-electron chi connectivity index (χ2n) is 5.77. The van der Waals surface area contributed by atoms with Crippen LogP contribution in [0.25, 0.3) is 0 Å². The molecule has 3 rings (SSSR count). The van der Waals surface area contributed by atoms with Crippen LogP contribution in [-0.2, 0) is 13.1 Å². The van der Waals surface area contributed by atoms with E-state index in [2.05, 4.69) is 51.8 Å². The van der Waals surface area contributed by atoms with Crippen molar-refractivity contribution in [2.45, 2.75) is 20.0 Å². The largest absolute Gasteiger partial charge is 0.381 e. The molecule has 0 unspecified atom stereocenters. The first-order valence-corrected chi connectivity index (χ1v) is 8.14. The molecule has 0 saturated heterocycles. The molecule has 0 atom stereocenters. The quantitative estimate of drug-likeness (QED) is 0.726. The first kappa shape index (κ1) is 16.6. The minimum Gasteiger partial charge on any atom is -0.381 e. The summed E-state index contributed by atoms with van der Waals surface area (Å²) in [4.78, 5) is 20.6. The molecule has 126 valence electrons. The molecule has 3 aromatic rings. The van der Waals surface area contributed by atoms with Crippen LogP contribution < -0.4 is 10.6 Å². The van der Waals surface area contributed by atoms with Crippen molar-refractivity contribution in [1.29, 1.82) is 0 Å². The van der Waals surface area contributed by atoms with Gasteiger partial charge in [0.2, 0.25) is 0 Å². The average Bonchev–Trinajstić information content (AvgIpc) is 2.67. The zero-order valence-corrected chi connectivity index (χ0v) is 14.1. The summed E-state index contributed by atoms with van der Waals surface area (Å²) in [5.74, 6) is -0.218. The van der Waals surface area contributed by atoms with Gasteiger partial charge in [0, 0.05) is 24.6 Å². The number of rotatable bonds is 6. The van der Waals surface area contributed by atoms with Crippen LogP contribution >= 0.6 is 0 Å². The third kappa shape index (κ3) is 4.88. The number of benzene rings is 1. The summed E-state index contributed by atoms with van der Waals surface area (Å²) < 4.78 is 0. The Balaban J connectivity index is 1.58. The number of hydrogen-bond acceptors (Lipinski definition) is 4. The lowest BCUT2D eigenvalue weighted by Crippen LogP contribution is -2.24. The molecular formula is C20H20N4O. The fourth-order valence-electron chi connectivity index (χ4n) is 2.34. The molecule has 2 aromatic heterocycles. The van der Waals surface area contributed by atoms with E-state index in [4.69, 9.17) is 0 Å². The van der Waals surface area contributed by atoms with Gasteiger partial charge >= 0.3 is 0 Å². The normalized spacial score (nSPS) is 10.3. The summed E-state index contributed by atoms with van der Waals surface area (Å²) >= 11 is 0. The van der Waals surface area contributed by atoms with Gasteiger partial charge in [-0.25, -0.2) is 0 Å². The number of carbonyl (C=O) groups is 1. The zero-order valence-electron chi connectivity index (χ0n) is 14.1. The van der Waals surface area contributed by atoms with E-state index in [0.29, 0.717) is 18.8 Å². The summed E-state index contributed by atoms with van der Waals surface area (Å²) in [6, 6.07) is 17.5. The van der Waals surface area contributed by atoms with Gasteiger partial charge in [-0.3, -0.25) is 14.8 Å². The number of nitrogens with zero attached hydrogens (tertiary/aromatic N) is 2. The van der Waals surface area contributed by atoms with Crippen LogP contribution in [0.2, 0.25) is 0 Å². The van der Waals surface area contributed by atoms with Crippen LogP contribution in [0.1, 0.15) is 27.3 Å². The maximum absolute atomic E-state index is 12.3. The molecule has 0 aliphatic heterocycles. The lowest BCUT2D eigenvalue weighted by atomic mass is 10.1. The van der Waals surface area contributed by atoms with Crippen LogP contribution in [0.5, 0.6) is 0 Å². The van der Waals surface area contributed by atoms with Gasteiger partial charge in [-0.1, -0.05) is 35.9 Å². The van der Waals surface area contributed by atoms with Gasteiger partial charge in [-0.05, 0) is 36.8 Å². The first-order chi connectivity index (χ1) is 12.2. The molecule has 25 heavy (non-hydrogen) atoms. The van der Waals surface area contributed by atoms with Crippen LogP contribution in [0.4, 0.5) is 5.69 Å². The first-order valence-electron chi connectivity index (χ1n) is 8.14. The lowest BCUT2D eigenvalue weighted by Gasteiger charge is -2.09. The fourth-order valence-corrected chi connectivity index (χ4v) is 2.34. The Morgan fingerprint density at radius 3 is 2.56 bits per heavy atom. The Morgan fingerprint density at radius 1 is 0.960 bits per heavy atom. The summed E-state index contributed by atoms with van der Waals surface area (Å²) in [7, 11) is 0. The maximum atomic E-state index is 12.3. The monoisotopic (exact) mass is 332 g/mol. The molecule has 0 radical (unpaired) electrons. The number of aryl methyl sites for hydroxylation is 1. The van der Waals surface area contributed by atoms with Gasteiger partial charge in [-0.2, -0.15) is 0 Å². The number of anilines is 1. The molecule has 0 aliphatic rings.